The topological polar surface area (TPSA) is 48.0 Å². The summed E-state index contributed by atoms with van der Waals surface area (Å²) in [5.41, 5.74) is 6.00. The number of alkyl halides is 3. The van der Waals surface area contributed by atoms with Crippen molar-refractivity contribution in [3.63, 3.8) is 0 Å². The van der Waals surface area contributed by atoms with Crippen LogP contribution in [0.15, 0.2) is 47.8 Å². The highest BCUT2D eigenvalue weighted by Crippen LogP contribution is 2.36. The Balaban J connectivity index is 2.09. The number of carbonyl (C=O) groups excluding carboxylic acids is 1. The highest BCUT2D eigenvalue weighted by molar-refractivity contribution is 7.09. The molecule has 0 atom stereocenters. The third-order valence-corrected chi connectivity index (χ3v) is 5.14. The van der Waals surface area contributed by atoms with Gasteiger partial charge in [-0.25, -0.2) is 0 Å². The molecule has 1 radical (unpaired) electrons. The molecule has 1 amide bonds. The van der Waals surface area contributed by atoms with Crippen molar-refractivity contribution in [2.24, 2.45) is 5.73 Å². The van der Waals surface area contributed by atoms with Crippen molar-refractivity contribution >= 4 is 39.0 Å². The SMILES string of the molecule is NC(=O)c1cccc2c1c1[c]cc(C(F)(F)F)cc1n2Cc1cccs1. The number of aromatic nitrogens is 1. The average molecular weight is 373 g/mol. The van der Waals surface area contributed by atoms with Crippen LogP contribution in [0.1, 0.15) is 20.8 Å². The predicted octanol–water partition coefficient (Wildman–Crippen LogP) is 4.82. The van der Waals surface area contributed by atoms with Gasteiger partial charge in [0, 0.05) is 21.2 Å². The summed E-state index contributed by atoms with van der Waals surface area (Å²) < 4.78 is 41.3. The Bertz CT molecular complexity index is 1130. The quantitative estimate of drug-likeness (QED) is 0.550. The second-order valence-corrected chi connectivity index (χ2v) is 6.91. The molecule has 2 heterocycles. The van der Waals surface area contributed by atoms with Crippen LogP contribution in [0.2, 0.25) is 0 Å². The lowest BCUT2D eigenvalue weighted by Crippen LogP contribution is -2.11. The lowest BCUT2D eigenvalue weighted by Gasteiger charge is -2.09. The van der Waals surface area contributed by atoms with Crippen LogP contribution < -0.4 is 5.73 Å². The van der Waals surface area contributed by atoms with Crippen LogP contribution in [0.3, 0.4) is 0 Å². The first-order chi connectivity index (χ1) is 12.4. The number of hydrogen-bond acceptors (Lipinski definition) is 2. The van der Waals surface area contributed by atoms with Crippen molar-refractivity contribution in [1.29, 1.82) is 0 Å². The minimum absolute atomic E-state index is 0.272. The summed E-state index contributed by atoms with van der Waals surface area (Å²) in [5, 5.41) is 2.89. The van der Waals surface area contributed by atoms with Crippen molar-refractivity contribution in [3.8, 4) is 0 Å². The van der Waals surface area contributed by atoms with Crippen molar-refractivity contribution < 1.29 is 18.0 Å². The van der Waals surface area contributed by atoms with Crippen LogP contribution >= 0.6 is 11.3 Å². The average Bonchev–Trinajstić information content (AvgIpc) is 3.21. The highest BCUT2D eigenvalue weighted by Gasteiger charge is 2.31. The van der Waals surface area contributed by atoms with Gasteiger partial charge in [-0.2, -0.15) is 13.2 Å². The smallest absolute Gasteiger partial charge is 0.366 e. The van der Waals surface area contributed by atoms with Gasteiger partial charge in [0.15, 0.2) is 0 Å². The molecule has 3 nitrogen and oxygen atoms in total. The third kappa shape index (κ3) is 2.64. The van der Waals surface area contributed by atoms with Gasteiger partial charge in [-0.15, -0.1) is 11.3 Å². The van der Waals surface area contributed by atoms with Crippen LogP contribution in [0.5, 0.6) is 0 Å². The van der Waals surface area contributed by atoms with E-state index in [1.54, 1.807) is 22.8 Å². The molecule has 0 aliphatic carbocycles. The summed E-state index contributed by atoms with van der Waals surface area (Å²) >= 11 is 1.51. The molecule has 2 N–H and O–H groups in total. The fourth-order valence-corrected chi connectivity index (χ4v) is 3.85. The van der Waals surface area contributed by atoms with Crippen LogP contribution in [-0.4, -0.2) is 10.5 Å². The highest BCUT2D eigenvalue weighted by atomic mass is 32.1. The van der Waals surface area contributed by atoms with Crippen LogP contribution in [-0.2, 0) is 12.7 Å². The van der Waals surface area contributed by atoms with E-state index in [0.29, 0.717) is 28.4 Å². The van der Waals surface area contributed by atoms with Gasteiger partial charge >= 0.3 is 6.18 Å². The third-order valence-electron chi connectivity index (χ3n) is 4.28. The standard InChI is InChI=1S/C19H12F3N2OS/c20-19(21,22)11-6-7-13-16(9-11)24(10-12-3-2-8-26-12)15-5-1-4-14(17(13)15)18(23)25/h1-6,8-9H,10H2,(H2,23,25). The van der Waals surface area contributed by atoms with Crippen LogP contribution in [0.4, 0.5) is 13.2 Å². The number of amides is 1. The summed E-state index contributed by atoms with van der Waals surface area (Å²) in [7, 11) is 0. The van der Waals surface area contributed by atoms with Gasteiger partial charge in [0.2, 0.25) is 5.91 Å². The van der Waals surface area contributed by atoms with E-state index in [0.717, 1.165) is 17.0 Å². The second-order valence-electron chi connectivity index (χ2n) is 5.88. The molecule has 0 spiro atoms. The van der Waals surface area contributed by atoms with Crippen molar-refractivity contribution in [2.45, 2.75) is 12.7 Å². The van der Waals surface area contributed by atoms with Gasteiger partial charge in [-0.3, -0.25) is 4.79 Å². The van der Waals surface area contributed by atoms with Crippen molar-refractivity contribution in [1.82, 2.24) is 4.57 Å². The van der Waals surface area contributed by atoms with Gasteiger partial charge in [0.1, 0.15) is 0 Å². The van der Waals surface area contributed by atoms with Gasteiger partial charge in [-0.05, 0) is 41.8 Å². The molecular formula is C19H12F3N2OS. The summed E-state index contributed by atoms with van der Waals surface area (Å²) in [5.74, 6) is -0.626. The summed E-state index contributed by atoms with van der Waals surface area (Å²) in [6, 6.07) is 13.6. The van der Waals surface area contributed by atoms with E-state index in [-0.39, 0.29) is 5.56 Å². The number of benzene rings is 2. The first-order valence-electron chi connectivity index (χ1n) is 7.72. The predicted molar refractivity (Wildman–Crippen MR) is 95.2 cm³/mol. The number of nitrogens with two attached hydrogens (primary N) is 1. The van der Waals surface area contributed by atoms with E-state index in [1.165, 1.54) is 11.3 Å². The second kappa shape index (κ2) is 5.88. The molecule has 0 fully saturated rings. The number of halogens is 3. The normalized spacial score (nSPS) is 12.1. The number of primary amides is 1. The van der Waals surface area contributed by atoms with E-state index in [1.807, 2.05) is 17.5 Å². The molecule has 131 valence electrons. The molecule has 26 heavy (non-hydrogen) atoms. The van der Waals surface area contributed by atoms with Crippen LogP contribution in [0.25, 0.3) is 21.8 Å². The molecule has 0 saturated carbocycles. The first-order valence-corrected chi connectivity index (χ1v) is 8.60. The number of fused-ring (bicyclic) bond motifs is 3. The summed E-state index contributed by atoms with van der Waals surface area (Å²) in [6.45, 7) is 0.398. The van der Waals surface area contributed by atoms with Gasteiger partial charge in [-0.1, -0.05) is 12.1 Å². The Kier molecular flexibility index (Phi) is 3.77. The Morgan fingerprint density at radius 3 is 2.65 bits per heavy atom. The molecule has 0 bridgehead atoms. The maximum atomic E-state index is 13.2. The van der Waals surface area contributed by atoms with E-state index < -0.39 is 17.6 Å². The van der Waals surface area contributed by atoms with Gasteiger partial charge in [0.05, 0.1) is 23.1 Å². The van der Waals surface area contributed by atoms with Gasteiger partial charge in [0.25, 0.3) is 0 Å². The maximum Gasteiger partial charge on any atom is 0.416 e. The molecule has 7 heteroatoms. The van der Waals surface area contributed by atoms with Crippen LogP contribution in [0, 0.1) is 6.07 Å². The first kappa shape index (κ1) is 16.7. The zero-order chi connectivity index (χ0) is 18.5. The molecule has 0 aliphatic heterocycles. The summed E-state index contributed by atoms with van der Waals surface area (Å²) in [6.07, 6.45) is -4.47. The lowest BCUT2D eigenvalue weighted by molar-refractivity contribution is -0.137. The number of nitrogens with zero attached hydrogens (tertiary/aromatic N) is 1. The Labute approximate surface area is 150 Å². The van der Waals surface area contributed by atoms with E-state index >= 15 is 0 Å². The number of rotatable bonds is 3. The molecule has 0 saturated heterocycles. The zero-order valence-corrected chi connectivity index (χ0v) is 14.1. The van der Waals surface area contributed by atoms with Crippen molar-refractivity contribution in [3.05, 3.63) is 69.9 Å². The summed E-state index contributed by atoms with van der Waals surface area (Å²) in [4.78, 5) is 12.8. The molecule has 0 unspecified atom stereocenters. The Hall–Kier alpha value is -2.80. The fourth-order valence-electron chi connectivity index (χ4n) is 3.15. The molecule has 2 aromatic carbocycles. The Morgan fingerprint density at radius 2 is 2.00 bits per heavy atom. The maximum absolute atomic E-state index is 13.2. The molecule has 0 aliphatic rings. The monoisotopic (exact) mass is 373 g/mol. The van der Waals surface area contributed by atoms with E-state index in [2.05, 4.69) is 6.07 Å². The van der Waals surface area contributed by atoms with Crippen molar-refractivity contribution in [2.75, 3.05) is 0 Å². The molecule has 4 rings (SSSR count). The fraction of sp³-hybridized carbons (Fsp3) is 0.105. The minimum atomic E-state index is -4.47. The Morgan fingerprint density at radius 1 is 1.19 bits per heavy atom. The molecule has 2 aromatic heterocycles. The number of carbonyl (C=O) groups is 1. The molecular weight excluding hydrogens is 361 g/mol. The number of thiophene rings is 1. The zero-order valence-electron chi connectivity index (χ0n) is 13.3. The lowest BCUT2D eigenvalue weighted by atomic mass is 10.0. The number of hydrogen-bond donors (Lipinski definition) is 1. The largest absolute Gasteiger partial charge is 0.416 e. The van der Waals surface area contributed by atoms with E-state index in [9.17, 15) is 18.0 Å². The van der Waals surface area contributed by atoms with E-state index in [4.69, 9.17) is 5.73 Å². The molecule has 4 aromatic rings. The minimum Gasteiger partial charge on any atom is -0.366 e. The van der Waals surface area contributed by atoms with Gasteiger partial charge < -0.3 is 10.3 Å².